The van der Waals surface area contributed by atoms with E-state index >= 15 is 0 Å². The zero-order valence-electron chi connectivity index (χ0n) is 19.0. The Kier molecular flexibility index (Phi) is 6.35. The SMILES string of the molecule is CN1C[C@@H](NC(=O)C(C)(C)COc2ncccc2C2CC2)[C@H](c2ccc(C(F)(F)F)nc2)C1. The number of likely N-dealkylation sites (N-methyl/N-ethyl adjacent to an activating group) is 1. The highest BCUT2D eigenvalue weighted by Crippen LogP contribution is 2.43. The molecule has 2 aromatic rings. The van der Waals surface area contributed by atoms with E-state index in [9.17, 15) is 18.0 Å². The van der Waals surface area contributed by atoms with Gasteiger partial charge in [-0.25, -0.2) is 4.98 Å². The van der Waals surface area contributed by atoms with Gasteiger partial charge in [0.25, 0.3) is 0 Å². The van der Waals surface area contributed by atoms with Gasteiger partial charge in [-0.2, -0.15) is 13.2 Å². The predicted octanol–water partition coefficient (Wildman–Crippen LogP) is 3.99. The number of carbonyl (C=O) groups excluding carboxylic acids is 1. The fraction of sp³-hybridized carbons (Fsp3) is 0.542. The van der Waals surface area contributed by atoms with Crippen molar-refractivity contribution in [1.82, 2.24) is 20.2 Å². The second kappa shape index (κ2) is 8.93. The quantitative estimate of drug-likeness (QED) is 0.674. The van der Waals surface area contributed by atoms with E-state index in [1.54, 1.807) is 6.20 Å². The summed E-state index contributed by atoms with van der Waals surface area (Å²) in [5.41, 5.74) is 0.0226. The predicted molar refractivity (Wildman–Crippen MR) is 117 cm³/mol. The molecule has 3 heterocycles. The number of amides is 1. The topological polar surface area (TPSA) is 67.4 Å². The summed E-state index contributed by atoms with van der Waals surface area (Å²) in [6.45, 7) is 5.02. The standard InChI is InChI=1S/C24H29F3N4O2/c1-23(2,14-33-21-17(15-6-7-15)5-4-10-28-21)22(32)30-19-13-31(3)12-18(19)16-8-9-20(29-11-16)24(25,26)27/h4-5,8-11,15,18-19H,6-7,12-14H2,1-3H3,(H,30,32)/t18-,19+/m0/s1. The third-order valence-corrected chi connectivity index (χ3v) is 6.33. The van der Waals surface area contributed by atoms with Crippen LogP contribution < -0.4 is 10.1 Å². The Morgan fingerprint density at radius 3 is 2.58 bits per heavy atom. The monoisotopic (exact) mass is 462 g/mol. The van der Waals surface area contributed by atoms with E-state index in [-0.39, 0.29) is 24.5 Å². The number of carbonyl (C=O) groups is 1. The van der Waals surface area contributed by atoms with E-state index in [2.05, 4.69) is 15.3 Å². The highest BCUT2D eigenvalue weighted by Gasteiger charge is 2.38. The molecule has 1 aliphatic carbocycles. The smallest absolute Gasteiger partial charge is 0.433 e. The molecule has 0 aromatic carbocycles. The molecule has 1 aliphatic heterocycles. The van der Waals surface area contributed by atoms with Gasteiger partial charge in [0.1, 0.15) is 12.3 Å². The Balaban J connectivity index is 1.41. The largest absolute Gasteiger partial charge is 0.476 e. The highest BCUT2D eigenvalue weighted by molar-refractivity contribution is 5.82. The lowest BCUT2D eigenvalue weighted by atomic mass is 9.90. The van der Waals surface area contributed by atoms with Crippen molar-refractivity contribution in [2.24, 2.45) is 5.41 Å². The third kappa shape index (κ3) is 5.46. The fourth-order valence-corrected chi connectivity index (χ4v) is 4.18. The number of pyridine rings is 2. The van der Waals surface area contributed by atoms with Crippen LogP contribution in [0.1, 0.15) is 55.3 Å². The first-order chi connectivity index (χ1) is 15.5. The minimum atomic E-state index is -4.48. The minimum absolute atomic E-state index is 0.150. The molecule has 0 spiro atoms. The van der Waals surface area contributed by atoms with E-state index in [0.29, 0.717) is 30.5 Å². The Morgan fingerprint density at radius 2 is 1.94 bits per heavy atom. The first-order valence-corrected chi connectivity index (χ1v) is 11.1. The highest BCUT2D eigenvalue weighted by atomic mass is 19.4. The van der Waals surface area contributed by atoms with Gasteiger partial charge in [0.05, 0.1) is 5.41 Å². The molecule has 0 unspecified atom stereocenters. The minimum Gasteiger partial charge on any atom is -0.476 e. The molecular formula is C24H29F3N4O2. The summed E-state index contributed by atoms with van der Waals surface area (Å²) >= 11 is 0. The molecule has 9 heteroatoms. The lowest BCUT2D eigenvalue weighted by Gasteiger charge is -2.28. The average molecular weight is 463 g/mol. The first-order valence-electron chi connectivity index (χ1n) is 11.1. The summed E-state index contributed by atoms with van der Waals surface area (Å²) in [6.07, 6.45) is 0.726. The number of nitrogens with one attached hydrogen (secondary N) is 1. The number of rotatable bonds is 7. The molecule has 0 bridgehead atoms. The summed E-state index contributed by atoms with van der Waals surface area (Å²) in [5.74, 6) is 0.743. The van der Waals surface area contributed by atoms with Crippen LogP contribution in [-0.2, 0) is 11.0 Å². The van der Waals surface area contributed by atoms with Crippen molar-refractivity contribution < 1.29 is 22.7 Å². The average Bonchev–Trinajstić information content (AvgIpc) is 3.55. The van der Waals surface area contributed by atoms with Crippen LogP contribution in [0.4, 0.5) is 13.2 Å². The van der Waals surface area contributed by atoms with Crippen LogP contribution in [-0.4, -0.2) is 53.6 Å². The Bertz CT molecular complexity index is 990. The zero-order valence-corrected chi connectivity index (χ0v) is 19.0. The van der Waals surface area contributed by atoms with E-state index in [1.807, 2.05) is 37.9 Å². The van der Waals surface area contributed by atoms with Crippen LogP contribution >= 0.6 is 0 Å². The number of alkyl halides is 3. The summed E-state index contributed by atoms with van der Waals surface area (Å²) in [5, 5.41) is 3.10. The molecule has 33 heavy (non-hydrogen) atoms. The molecular weight excluding hydrogens is 433 g/mol. The van der Waals surface area contributed by atoms with E-state index in [1.165, 1.54) is 12.3 Å². The maximum absolute atomic E-state index is 13.1. The Hall–Kier alpha value is -2.68. The molecule has 1 saturated carbocycles. The normalized spacial score (nSPS) is 21.8. The number of halogens is 3. The number of ether oxygens (including phenoxy) is 1. The molecule has 2 fully saturated rings. The second-order valence-corrected chi connectivity index (χ2v) is 9.73. The number of nitrogens with zero attached hydrogens (tertiary/aromatic N) is 3. The summed E-state index contributed by atoms with van der Waals surface area (Å²) in [7, 11) is 1.92. The number of likely N-dealkylation sites (tertiary alicyclic amines) is 1. The molecule has 2 atom stereocenters. The van der Waals surface area contributed by atoms with Crippen LogP contribution in [0.25, 0.3) is 0 Å². The Labute approximate surface area is 191 Å². The van der Waals surface area contributed by atoms with Gasteiger partial charge in [-0.3, -0.25) is 9.78 Å². The van der Waals surface area contributed by atoms with Gasteiger partial charge >= 0.3 is 6.18 Å². The van der Waals surface area contributed by atoms with Crippen molar-refractivity contribution in [3.05, 3.63) is 53.5 Å². The van der Waals surface area contributed by atoms with Gasteiger partial charge in [0.15, 0.2) is 0 Å². The number of hydrogen-bond acceptors (Lipinski definition) is 5. The Morgan fingerprint density at radius 1 is 1.18 bits per heavy atom. The number of hydrogen-bond donors (Lipinski definition) is 1. The summed E-state index contributed by atoms with van der Waals surface area (Å²) in [6, 6.07) is 6.12. The second-order valence-electron chi connectivity index (χ2n) is 9.73. The van der Waals surface area contributed by atoms with Crippen LogP contribution in [0.15, 0.2) is 36.7 Å². The van der Waals surface area contributed by atoms with Crippen LogP contribution in [0.2, 0.25) is 0 Å². The maximum Gasteiger partial charge on any atom is 0.433 e. The molecule has 1 N–H and O–H groups in total. The number of aromatic nitrogens is 2. The van der Waals surface area contributed by atoms with Gasteiger partial charge in [0.2, 0.25) is 11.8 Å². The van der Waals surface area contributed by atoms with Gasteiger partial charge in [-0.15, -0.1) is 0 Å². The van der Waals surface area contributed by atoms with Crippen LogP contribution in [0, 0.1) is 5.41 Å². The van der Waals surface area contributed by atoms with Crippen molar-refractivity contribution in [3.63, 3.8) is 0 Å². The maximum atomic E-state index is 13.1. The molecule has 4 rings (SSSR count). The van der Waals surface area contributed by atoms with Crippen molar-refractivity contribution in [3.8, 4) is 5.88 Å². The van der Waals surface area contributed by atoms with Crippen molar-refractivity contribution in [2.45, 2.75) is 50.7 Å². The fourth-order valence-electron chi connectivity index (χ4n) is 4.18. The van der Waals surface area contributed by atoms with E-state index in [0.717, 1.165) is 24.5 Å². The lowest BCUT2D eigenvalue weighted by molar-refractivity contribution is -0.141. The zero-order chi connectivity index (χ0) is 23.8. The van der Waals surface area contributed by atoms with Crippen molar-refractivity contribution in [1.29, 1.82) is 0 Å². The molecule has 0 radical (unpaired) electrons. The molecule has 2 aromatic heterocycles. The van der Waals surface area contributed by atoms with E-state index in [4.69, 9.17) is 4.74 Å². The van der Waals surface area contributed by atoms with Gasteiger partial charge in [0, 0.05) is 43.0 Å². The molecule has 1 amide bonds. The molecule has 178 valence electrons. The van der Waals surface area contributed by atoms with Gasteiger partial charge in [-0.1, -0.05) is 12.1 Å². The van der Waals surface area contributed by atoms with Crippen LogP contribution in [0.3, 0.4) is 0 Å². The third-order valence-electron chi connectivity index (χ3n) is 6.33. The summed E-state index contributed by atoms with van der Waals surface area (Å²) < 4.78 is 44.6. The molecule has 1 saturated heterocycles. The molecule has 6 nitrogen and oxygen atoms in total. The van der Waals surface area contributed by atoms with E-state index < -0.39 is 17.3 Å². The van der Waals surface area contributed by atoms with Crippen molar-refractivity contribution in [2.75, 3.05) is 26.7 Å². The first kappa shape index (κ1) is 23.5. The van der Waals surface area contributed by atoms with Crippen LogP contribution in [0.5, 0.6) is 5.88 Å². The van der Waals surface area contributed by atoms with Gasteiger partial charge < -0.3 is 15.0 Å². The molecule has 2 aliphatic rings. The lowest BCUT2D eigenvalue weighted by Crippen LogP contribution is -2.48. The van der Waals surface area contributed by atoms with Gasteiger partial charge in [-0.05, 0) is 57.4 Å². The van der Waals surface area contributed by atoms with Crippen molar-refractivity contribution >= 4 is 5.91 Å². The summed E-state index contributed by atoms with van der Waals surface area (Å²) in [4.78, 5) is 23.1.